The molecule has 1 heteroatoms. The Morgan fingerprint density at radius 1 is 1.50 bits per heavy atom. The highest BCUT2D eigenvalue weighted by Crippen LogP contribution is 2.37. The van der Waals surface area contributed by atoms with Crippen LogP contribution >= 0.6 is 0 Å². The molecule has 1 rings (SSSR count). The zero-order valence-corrected chi connectivity index (χ0v) is 8.19. The molecule has 10 heavy (non-hydrogen) atoms. The van der Waals surface area contributed by atoms with Gasteiger partial charge in [0.2, 0.25) is 0 Å². The van der Waals surface area contributed by atoms with Gasteiger partial charge in [0, 0.05) is 0 Å². The highest BCUT2D eigenvalue weighted by atomic mass is 28.3. The number of rotatable bonds is 1. The summed E-state index contributed by atoms with van der Waals surface area (Å²) in [5, 5.41) is 0. The molecule has 1 fully saturated rings. The molecule has 58 valence electrons. The fraction of sp³-hybridized carbons (Fsp3) is 0.778. The van der Waals surface area contributed by atoms with Crippen LogP contribution in [0.3, 0.4) is 0 Å². The lowest BCUT2D eigenvalue weighted by atomic mass is 10.2. The van der Waals surface area contributed by atoms with Gasteiger partial charge < -0.3 is 0 Å². The van der Waals surface area contributed by atoms with Crippen molar-refractivity contribution in [2.75, 3.05) is 0 Å². The summed E-state index contributed by atoms with van der Waals surface area (Å²) in [7, 11) is -0.950. The van der Waals surface area contributed by atoms with E-state index in [-0.39, 0.29) is 0 Å². The van der Waals surface area contributed by atoms with Crippen molar-refractivity contribution < 1.29 is 0 Å². The third kappa shape index (κ3) is 1.34. The van der Waals surface area contributed by atoms with Crippen molar-refractivity contribution in [3.8, 4) is 0 Å². The van der Waals surface area contributed by atoms with Gasteiger partial charge >= 0.3 is 0 Å². The Morgan fingerprint density at radius 2 is 2.20 bits per heavy atom. The molecule has 1 saturated heterocycles. The Morgan fingerprint density at radius 3 is 2.60 bits per heavy atom. The van der Waals surface area contributed by atoms with E-state index in [9.17, 15) is 0 Å². The van der Waals surface area contributed by atoms with Crippen molar-refractivity contribution >= 4 is 8.07 Å². The molecule has 0 aromatic carbocycles. The minimum atomic E-state index is -0.950. The van der Waals surface area contributed by atoms with E-state index in [0.29, 0.717) is 0 Å². The molecular weight excluding hydrogens is 136 g/mol. The molecule has 2 atom stereocenters. The first-order chi connectivity index (χ1) is 4.69. The summed E-state index contributed by atoms with van der Waals surface area (Å²) in [6.07, 6.45) is 4.37. The fourth-order valence-electron chi connectivity index (χ4n) is 1.84. The molecule has 0 aromatic heterocycles. The second-order valence-electron chi connectivity index (χ2n) is 3.86. The molecule has 0 N–H and O–H groups in total. The lowest BCUT2D eigenvalue weighted by Gasteiger charge is -2.34. The topological polar surface area (TPSA) is 0 Å². The molecule has 0 bridgehead atoms. The molecule has 0 nitrogen and oxygen atoms in total. The van der Waals surface area contributed by atoms with E-state index in [1.807, 2.05) is 0 Å². The number of hydrogen-bond acceptors (Lipinski definition) is 0. The molecule has 0 saturated carbocycles. The fourth-order valence-corrected chi connectivity index (χ4v) is 4.81. The molecule has 1 heterocycles. The predicted octanol–water partition coefficient (Wildman–Crippen LogP) is 3.36. The van der Waals surface area contributed by atoms with Gasteiger partial charge in [-0.05, 0) is 5.54 Å². The summed E-state index contributed by atoms with van der Waals surface area (Å²) in [5.74, 6) is 0. The SMILES string of the molecule is C=C[Si]1(C)CCCCC1C. The predicted molar refractivity (Wildman–Crippen MR) is 49.9 cm³/mol. The molecule has 0 spiro atoms. The van der Waals surface area contributed by atoms with Crippen molar-refractivity contribution in [2.24, 2.45) is 0 Å². The molecule has 0 aromatic rings. The van der Waals surface area contributed by atoms with E-state index in [1.165, 1.54) is 25.3 Å². The Kier molecular flexibility index (Phi) is 2.35. The lowest BCUT2D eigenvalue weighted by Crippen LogP contribution is -2.35. The molecule has 0 radical (unpaired) electrons. The van der Waals surface area contributed by atoms with Crippen LogP contribution in [0.4, 0.5) is 0 Å². The third-order valence-electron chi connectivity index (χ3n) is 3.19. The first-order valence-electron chi connectivity index (χ1n) is 4.32. The maximum Gasteiger partial charge on any atom is 0.0767 e. The highest BCUT2D eigenvalue weighted by Gasteiger charge is 2.32. The Labute approximate surface area is 65.3 Å². The van der Waals surface area contributed by atoms with Crippen LogP contribution in [0.5, 0.6) is 0 Å². The Balaban J connectivity index is 2.62. The smallest absolute Gasteiger partial charge is 0.0767 e. The van der Waals surface area contributed by atoms with Crippen molar-refractivity contribution in [2.45, 2.75) is 44.3 Å². The van der Waals surface area contributed by atoms with Crippen LogP contribution in [-0.4, -0.2) is 8.07 Å². The van der Waals surface area contributed by atoms with E-state index in [4.69, 9.17) is 0 Å². The monoisotopic (exact) mass is 154 g/mol. The summed E-state index contributed by atoms with van der Waals surface area (Å²) in [4.78, 5) is 0. The van der Waals surface area contributed by atoms with Crippen molar-refractivity contribution in [1.29, 1.82) is 0 Å². The van der Waals surface area contributed by atoms with Gasteiger partial charge in [-0.1, -0.05) is 38.8 Å². The quantitative estimate of drug-likeness (QED) is 0.508. The van der Waals surface area contributed by atoms with Gasteiger partial charge in [0.05, 0.1) is 8.07 Å². The van der Waals surface area contributed by atoms with Crippen LogP contribution in [0.25, 0.3) is 0 Å². The van der Waals surface area contributed by atoms with Crippen LogP contribution in [0, 0.1) is 0 Å². The molecule has 1 aliphatic heterocycles. The molecular formula is C9H18Si. The summed E-state index contributed by atoms with van der Waals surface area (Å²) in [6, 6.07) is 1.48. The highest BCUT2D eigenvalue weighted by molar-refractivity contribution is 6.84. The second kappa shape index (κ2) is 2.91. The lowest BCUT2D eigenvalue weighted by molar-refractivity contribution is 0.639. The first-order valence-corrected chi connectivity index (χ1v) is 7.19. The van der Waals surface area contributed by atoms with E-state index >= 15 is 0 Å². The van der Waals surface area contributed by atoms with E-state index < -0.39 is 8.07 Å². The van der Waals surface area contributed by atoms with Gasteiger partial charge in [-0.3, -0.25) is 0 Å². The molecule has 0 amide bonds. The maximum atomic E-state index is 3.97. The van der Waals surface area contributed by atoms with Crippen LogP contribution in [0.1, 0.15) is 26.2 Å². The first kappa shape index (κ1) is 8.06. The van der Waals surface area contributed by atoms with E-state index in [2.05, 4.69) is 25.7 Å². The van der Waals surface area contributed by atoms with Gasteiger partial charge in [-0.25, -0.2) is 0 Å². The molecule has 2 unspecified atom stereocenters. The van der Waals surface area contributed by atoms with E-state index in [0.717, 1.165) is 5.54 Å². The second-order valence-corrected chi connectivity index (χ2v) is 8.76. The minimum absolute atomic E-state index is 0.950. The van der Waals surface area contributed by atoms with Crippen molar-refractivity contribution in [1.82, 2.24) is 0 Å². The third-order valence-corrected chi connectivity index (χ3v) is 8.10. The molecule has 1 aliphatic rings. The van der Waals surface area contributed by atoms with Crippen LogP contribution < -0.4 is 0 Å². The van der Waals surface area contributed by atoms with Crippen molar-refractivity contribution in [3.63, 3.8) is 0 Å². The average molecular weight is 154 g/mol. The Hall–Kier alpha value is -0.0431. The van der Waals surface area contributed by atoms with Gasteiger partial charge in [-0.15, -0.1) is 12.3 Å². The zero-order chi connectivity index (χ0) is 7.61. The average Bonchev–Trinajstić information content (AvgIpc) is 1.96. The van der Waals surface area contributed by atoms with Crippen LogP contribution in [0.2, 0.25) is 18.1 Å². The van der Waals surface area contributed by atoms with Gasteiger partial charge in [0.1, 0.15) is 0 Å². The maximum absolute atomic E-state index is 3.97. The van der Waals surface area contributed by atoms with E-state index in [1.54, 1.807) is 0 Å². The van der Waals surface area contributed by atoms with Gasteiger partial charge in [-0.2, -0.15) is 0 Å². The Bertz CT molecular complexity index is 131. The minimum Gasteiger partial charge on any atom is -0.107 e. The van der Waals surface area contributed by atoms with Crippen LogP contribution in [-0.2, 0) is 0 Å². The van der Waals surface area contributed by atoms with Gasteiger partial charge in [0.25, 0.3) is 0 Å². The van der Waals surface area contributed by atoms with Gasteiger partial charge in [0.15, 0.2) is 0 Å². The normalized spacial score (nSPS) is 41.2. The largest absolute Gasteiger partial charge is 0.107 e. The zero-order valence-electron chi connectivity index (χ0n) is 7.19. The summed E-state index contributed by atoms with van der Waals surface area (Å²) in [5.41, 5.74) is 3.27. The molecule has 0 aliphatic carbocycles. The van der Waals surface area contributed by atoms with Crippen molar-refractivity contribution in [3.05, 3.63) is 12.3 Å². The standard InChI is InChI=1S/C9H18Si/c1-4-10(3)8-6-5-7-9(10)2/h4,9H,1,5-8H2,2-3H3. The summed E-state index contributed by atoms with van der Waals surface area (Å²) >= 11 is 0. The number of hydrogen-bond donors (Lipinski definition) is 0. The summed E-state index contributed by atoms with van der Waals surface area (Å²) < 4.78 is 0. The summed E-state index contributed by atoms with van der Waals surface area (Å²) in [6.45, 7) is 8.85. The van der Waals surface area contributed by atoms with Crippen LogP contribution in [0.15, 0.2) is 12.3 Å².